The van der Waals surface area contributed by atoms with Gasteiger partial charge < -0.3 is 23.7 Å². The number of halogens is 2. The number of nitrogens with zero attached hydrogens (tertiary/aromatic N) is 2. The zero-order valence-electron chi connectivity index (χ0n) is 17.5. The number of hydrogen-bond donors (Lipinski definition) is 0. The Morgan fingerprint density at radius 1 is 1.16 bits per heavy atom. The molecule has 0 atom stereocenters. The highest BCUT2D eigenvalue weighted by Gasteiger charge is 2.30. The first-order valence-corrected chi connectivity index (χ1v) is 10.1. The van der Waals surface area contributed by atoms with Crippen LogP contribution in [0.4, 0.5) is 8.78 Å². The zero-order valence-corrected chi connectivity index (χ0v) is 17.5. The van der Waals surface area contributed by atoms with Gasteiger partial charge in [0.15, 0.2) is 12.4 Å². The van der Waals surface area contributed by atoms with Crippen molar-refractivity contribution in [3.05, 3.63) is 54.0 Å². The molecule has 172 valence electrons. The second-order valence-electron chi connectivity index (χ2n) is 7.42. The summed E-state index contributed by atoms with van der Waals surface area (Å²) in [6.07, 6.45) is 2.33. The van der Waals surface area contributed by atoms with Crippen LogP contribution in [0.2, 0.25) is 0 Å². The van der Waals surface area contributed by atoms with Crippen molar-refractivity contribution in [2.45, 2.75) is 26.0 Å². The number of ether oxygens (including phenoxy) is 2. The van der Waals surface area contributed by atoms with Crippen molar-refractivity contribution in [1.82, 2.24) is 9.80 Å². The first kappa shape index (κ1) is 23.2. The Bertz CT molecular complexity index is 909. The fourth-order valence-corrected chi connectivity index (χ4v) is 3.37. The van der Waals surface area contributed by atoms with E-state index in [1.807, 2.05) is 0 Å². The van der Waals surface area contributed by atoms with E-state index in [9.17, 15) is 23.2 Å². The molecule has 1 aliphatic heterocycles. The lowest BCUT2D eigenvalue weighted by Gasteiger charge is -2.30. The van der Waals surface area contributed by atoms with Crippen LogP contribution in [-0.4, -0.2) is 60.9 Å². The van der Waals surface area contributed by atoms with Crippen LogP contribution >= 0.6 is 0 Å². The first-order valence-electron chi connectivity index (χ1n) is 10.1. The number of esters is 1. The summed E-state index contributed by atoms with van der Waals surface area (Å²) >= 11 is 0. The lowest BCUT2D eigenvalue weighted by Crippen LogP contribution is -2.41. The van der Waals surface area contributed by atoms with E-state index < -0.39 is 25.1 Å². The Labute approximate surface area is 183 Å². The molecule has 1 aromatic heterocycles. The van der Waals surface area contributed by atoms with E-state index in [-0.39, 0.29) is 29.9 Å². The van der Waals surface area contributed by atoms with Gasteiger partial charge in [-0.15, -0.1) is 0 Å². The summed E-state index contributed by atoms with van der Waals surface area (Å²) in [5, 5.41) is 0. The standard InChI is InChI=1S/C22H24F2N2O6/c1-25(13-15-4-6-17(7-5-15)32-22(23)24)19(27)14-31-21(29)16-8-10-26(11-9-16)20(28)18-3-2-12-30-18/h2-7,12,16,22H,8-11,13-14H2,1H3. The lowest BCUT2D eigenvalue weighted by atomic mass is 9.97. The summed E-state index contributed by atoms with van der Waals surface area (Å²) in [7, 11) is 1.55. The monoisotopic (exact) mass is 450 g/mol. The molecule has 0 aliphatic carbocycles. The maximum Gasteiger partial charge on any atom is 0.387 e. The number of likely N-dealkylation sites (tertiary alicyclic amines) is 1. The number of rotatable bonds is 8. The third kappa shape index (κ3) is 6.29. The number of furan rings is 1. The van der Waals surface area contributed by atoms with Gasteiger partial charge in [-0.05, 0) is 42.7 Å². The van der Waals surface area contributed by atoms with E-state index >= 15 is 0 Å². The molecule has 1 saturated heterocycles. The zero-order chi connectivity index (χ0) is 23.1. The average Bonchev–Trinajstić information content (AvgIpc) is 3.32. The van der Waals surface area contributed by atoms with Gasteiger partial charge in [-0.1, -0.05) is 12.1 Å². The van der Waals surface area contributed by atoms with E-state index in [0.29, 0.717) is 31.5 Å². The highest BCUT2D eigenvalue weighted by molar-refractivity contribution is 5.91. The van der Waals surface area contributed by atoms with Gasteiger partial charge in [-0.3, -0.25) is 14.4 Å². The minimum absolute atomic E-state index is 0.0311. The fourth-order valence-electron chi connectivity index (χ4n) is 3.37. The number of likely N-dealkylation sites (N-methyl/N-ethyl adjacent to an activating group) is 1. The molecule has 0 spiro atoms. The maximum atomic E-state index is 12.3. The second kappa shape index (κ2) is 10.7. The molecule has 0 unspecified atom stereocenters. The summed E-state index contributed by atoms with van der Waals surface area (Å²) in [6, 6.07) is 9.17. The summed E-state index contributed by atoms with van der Waals surface area (Å²) in [5.41, 5.74) is 0.711. The molecule has 2 amide bonds. The SMILES string of the molecule is CN(Cc1ccc(OC(F)F)cc1)C(=O)COC(=O)C1CCN(C(=O)c2ccco2)CC1. The van der Waals surface area contributed by atoms with Crippen LogP contribution in [0.25, 0.3) is 0 Å². The van der Waals surface area contributed by atoms with Crippen molar-refractivity contribution in [2.24, 2.45) is 5.92 Å². The predicted octanol–water partition coefficient (Wildman–Crippen LogP) is 2.94. The molecule has 32 heavy (non-hydrogen) atoms. The summed E-state index contributed by atoms with van der Waals surface area (Å²) < 4.78 is 39.0. The maximum absolute atomic E-state index is 12.3. The molecular formula is C22H24F2N2O6. The molecular weight excluding hydrogens is 426 g/mol. The molecule has 3 rings (SSSR count). The van der Waals surface area contributed by atoms with Crippen LogP contribution < -0.4 is 4.74 Å². The third-order valence-corrected chi connectivity index (χ3v) is 5.18. The second-order valence-corrected chi connectivity index (χ2v) is 7.42. The molecule has 1 aromatic carbocycles. The van der Waals surface area contributed by atoms with Crippen LogP contribution in [0.15, 0.2) is 47.1 Å². The van der Waals surface area contributed by atoms with Gasteiger partial charge >= 0.3 is 12.6 Å². The molecule has 1 fully saturated rings. The van der Waals surface area contributed by atoms with E-state index in [0.717, 1.165) is 0 Å². The molecule has 10 heteroatoms. The minimum Gasteiger partial charge on any atom is -0.459 e. The predicted molar refractivity (Wildman–Crippen MR) is 108 cm³/mol. The quantitative estimate of drug-likeness (QED) is 0.575. The van der Waals surface area contributed by atoms with Crippen LogP contribution in [0.1, 0.15) is 29.0 Å². The Balaban J connectivity index is 1.39. The third-order valence-electron chi connectivity index (χ3n) is 5.18. The van der Waals surface area contributed by atoms with E-state index in [1.54, 1.807) is 36.2 Å². The van der Waals surface area contributed by atoms with Gasteiger partial charge in [0.2, 0.25) is 0 Å². The van der Waals surface area contributed by atoms with Crippen LogP contribution in [0.3, 0.4) is 0 Å². The van der Waals surface area contributed by atoms with Crippen LogP contribution in [0.5, 0.6) is 5.75 Å². The highest BCUT2D eigenvalue weighted by Crippen LogP contribution is 2.21. The van der Waals surface area contributed by atoms with Crippen molar-refractivity contribution < 1.29 is 37.1 Å². The van der Waals surface area contributed by atoms with Crippen LogP contribution in [-0.2, 0) is 20.9 Å². The van der Waals surface area contributed by atoms with Crippen LogP contribution in [0, 0.1) is 5.92 Å². The molecule has 2 aromatic rings. The van der Waals surface area contributed by atoms with Gasteiger partial charge in [0.1, 0.15) is 5.75 Å². The Hall–Kier alpha value is -3.43. The smallest absolute Gasteiger partial charge is 0.387 e. The molecule has 0 radical (unpaired) electrons. The summed E-state index contributed by atoms with van der Waals surface area (Å²) in [4.78, 5) is 39.9. The van der Waals surface area contributed by atoms with Crippen molar-refractivity contribution in [2.75, 3.05) is 26.7 Å². The average molecular weight is 450 g/mol. The van der Waals surface area contributed by atoms with Gasteiger partial charge in [-0.25, -0.2) is 0 Å². The largest absolute Gasteiger partial charge is 0.459 e. The number of hydrogen-bond acceptors (Lipinski definition) is 6. The molecule has 0 N–H and O–H groups in total. The molecule has 2 heterocycles. The molecule has 0 bridgehead atoms. The first-order chi connectivity index (χ1) is 15.3. The summed E-state index contributed by atoms with van der Waals surface area (Å²) in [5.74, 6) is -1.16. The van der Waals surface area contributed by atoms with Gasteiger partial charge in [0, 0.05) is 26.7 Å². The van der Waals surface area contributed by atoms with E-state index in [4.69, 9.17) is 9.15 Å². The number of piperidine rings is 1. The van der Waals surface area contributed by atoms with Crippen molar-refractivity contribution in [3.63, 3.8) is 0 Å². The van der Waals surface area contributed by atoms with Gasteiger partial charge in [0.25, 0.3) is 11.8 Å². The van der Waals surface area contributed by atoms with Crippen molar-refractivity contribution in [3.8, 4) is 5.75 Å². The number of alkyl halides is 2. The summed E-state index contributed by atoms with van der Waals surface area (Å²) in [6.45, 7) is -2.27. The Morgan fingerprint density at radius 3 is 2.44 bits per heavy atom. The van der Waals surface area contributed by atoms with E-state index in [1.165, 1.54) is 23.3 Å². The normalized spacial score (nSPS) is 14.3. The number of carbonyl (C=O) groups is 3. The van der Waals surface area contributed by atoms with Crippen molar-refractivity contribution in [1.29, 1.82) is 0 Å². The molecule has 0 saturated carbocycles. The topological polar surface area (TPSA) is 89.3 Å². The number of carbonyl (C=O) groups excluding carboxylic acids is 3. The lowest BCUT2D eigenvalue weighted by molar-refractivity contribution is -0.156. The Morgan fingerprint density at radius 2 is 1.84 bits per heavy atom. The molecule has 1 aliphatic rings. The van der Waals surface area contributed by atoms with Crippen molar-refractivity contribution >= 4 is 17.8 Å². The van der Waals surface area contributed by atoms with E-state index in [2.05, 4.69) is 4.74 Å². The molecule has 8 nitrogen and oxygen atoms in total. The minimum atomic E-state index is -2.90. The fraction of sp³-hybridized carbons (Fsp3) is 0.409. The van der Waals surface area contributed by atoms with Gasteiger partial charge in [0.05, 0.1) is 12.2 Å². The number of amides is 2. The Kier molecular flexibility index (Phi) is 7.80. The number of benzene rings is 1. The highest BCUT2D eigenvalue weighted by atomic mass is 19.3. The van der Waals surface area contributed by atoms with Gasteiger partial charge in [-0.2, -0.15) is 8.78 Å².